The van der Waals surface area contributed by atoms with E-state index in [1.165, 1.54) is 24.0 Å². The highest BCUT2D eigenvalue weighted by Crippen LogP contribution is 2.30. The van der Waals surface area contributed by atoms with Crippen molar-refractivity contribution < 1.29 is 0 Å². The molecule has 1 fully saturated rings. The van der Waals surface area contributed by atoms with E-state index in [-0.39, 0.29) is 6.04 Å². The average Bonchev–Trinajstić information content (AvgIpc) is 3.11. The van der Waals surface area contributed by atoms with Crippen molar-refractivity contribution in [3.8, 4) is 0 Å². The standard InChI is InChI=1S/C14H22N2/c1-10-4-6-12(7-5-10)14(15)11(2)16(3)13-8-9-13/h4-7,11,13-14H,8-9,15H2,1-3H3. The molecule has 1 aliphatic rings. The molecule has 2 unspecified atom stereocenters. The summed E-state index contributed by atoms with van der Waals surface area (Å²) in [4.78, 5) is 2.42. The van der Waals surface area contributed by atoms with Gasteiger partial charge in [-0.2, -0.15) is 0 Å². The Kier molecular flexibility index (Phi) is 3.31. The highest BCUT2D eigenvalue weighted by Gasteiger charge is 2.31. The lowest BCUT2D eigenvalue weighted by Gasteiger charge is -2.30. The van der Waals surface area contributed by atoms with Crippen LogP contribution in [0.3, 0.4) is 0 Å². The van der Waals surface area contributed by atoms with Crippen molar-refractivity contribution in [3.63, 3.8) is 0 Å². The Bertz CT molecular complexity index is 340. The van der Waals surface area contributed by atoms with Gasteiger partial charge in [-0.15, -0.1) is 0 Å². The van der Waals surface area contributed by atoms with Gasteiger partial charge in [0.25, 0.3) is 0 Å². The van der Waals surface area contributed by atoms with E-state index in [2.05, 4.69) is 50.1 Å². The molecule has 1 aromatic carbocycles. The summed E-state index contributed by atoms with van der Waals surface area (Å²) >= 11 is 0. The summed E-state index contributed by atoms with van der Waals surface area (Å²) in [6, 6.07) is 9.87. The third kappa shape index (κ3) is 2.45. The number of aryl methyl sites for hydroxylation is 1. The van der Waals surface area contributed by atoms with Crippen molar-refractivity contribution in [1.82, 2.24) is 4.90 Å². The van der Waals surface area contributed by atoms with E-state index in [4.69, 9.17) is 5.73 Å². The highest BCUT2D eigenvalue weighted by atomic mass is 15.2. The van der Waals surface area contributed by atoms with Gasteiger partial charge in [0.15, 0.2) is 0 Å². The van der Waals surface area contributed by atoms with Gasteiger partial charge < -0.3 is 5.73 Å². The van der Waals surface area contributed by atoms with Crippen molar-refractivity contribution in [1.29, 1.82) is 0 Å². The molecule has 0 heterocycles. The van der Waals surface area contributed by atoms with Crippen LogP contribution in [-0.2, 0) is 0 Å². The van der Waals surface area contributed by atoms with Gasteiger partial charge in [-0.1, -0.05) is 29.8 Å². The quantitative estimate of drug-likeness (QED) is 0.841. The van der Waals surface area contributed by atoms with Crippen LogP contribution in [0.2, 0.25) is 0 Å². The van der Waals surface area contributed by atoms with Crippen LogP contribution in [0.25, 0.3) is 0 Å². The van der Waals surface area contributed by atoms with Gasteiger partial charge >= 0.3 is 0 Å². The molecule has 0 spiro atoms. The molecule has 2 N–H and O–H groups in total. The molecule has 88 valence electrons. The zero-order valence-corrected chi connectivity index (χ0v) is 10.5. The Labute approximate surface area is 98.4 Å². The summed E-state index contributed by atoms with van der Waals surface area (Å²) in [5.41, 5.74) is 8.85. The maximum absolute atomic E-state index is 6.31. The molecule has 2 rings (SSSR count). The number of hydrogen-bond acceptors (Lipinski definition) is 2. The van der Waals surface area contributed by atoms with Crippen LogP contribution in [0.5, 0.6) is 0 Å². The van der Waals surface area contributed by atoms with E-state index in [1.54, 1.807) is 0 Å². The van der Waals surface area contributed by atoms with E-state index < -0.39 is 0 Å². The number of hydrogen-bond donors (Lipinski definition) is 1. The molecule has 0 radical (unpaired) electrons. The Hall–Kier alpha value is -0.860. The number of nitrogens with zero attached hydrogens (tertiary/aromatic N) is 1. The van der Waals surface area contributed by atoms with Gasteiger partial charge in [0, 0.05) is 18.1 Å². The summed E-state index contributed by atoms with van der Waals surface area (Å²) < 4.78 is 0. The van der Waals surface area contributed by atoms with E-state index in [1.807, 2.05) is 0 Å². The molecule has 0 saturated heterocycles. The summed E-state index contributed by atoms with van der Waals surface area (Å²) in [7, 11) is 2.19. The second-order valence-corrected chi connectivity index (χ2v) is 5.07. The maximum atomic E-state index is 6.31. The molecule has 0 amide bonds. The smallest absolute Gasteiger partial charge is 0.0450 e. The number of likely N-dealkylation sites (N-methyl/N-ethyl adjacent to an activating group) is 1. The summed E-state index contributed by atoms with van der Waals surface area (Å²) in [6.07, 6.45) is 2.67. The largest absolute Gasteiger partial charge is 0.323 e. The van der Waals surface area contributed by atoms with Crippen molar-refractivity contribution in [2.24, 2.45) is 5.73 Å². The van der Waals surface area contributed by atoms with Crippen LogP contribution in [0.15, 0.2) is 24.3 Å². The second-order valence-electron chi connectivity index (χ2n) is 5.07. The fourth-order valence-corrected chi connectivity index (χ4v) is 2.13. The minimum atomic E-state index is 0.117. The molecule has 0 aliphatic heterocycles. The van der Waals surface area contributed by atoms with Gasteiger partial charge in [-0.25, -0.2) is 0 Å². The molecule has 0 aromatic heterocycles. The monoisotopic (exact) mass is 218 g/mol. The first-order valence-corrected chi connectivity index (χ1v) is 6.13. The van der Waals surface area contributed by atoms with Crippen molar-refractivity contribution in [3.05, 3.63) is 35.4 Å². The minimum absolute atomic E-state index is 0.117. The summed E-state index contributed by atoms with van der Waals surface area (Å²) in [5.74, 6) is 0. The fraction of sp³-hybridized carbons (Fsp3) is 0.571. The molecule has 2 heteroatoms. The van der Waals surface area contributed by atoms with Crippen LogP contribution in [-0.4, -0.2) is 24.0 Å². The number of benzene rings is 1. The topological polar surface area (TPSA) is 29.3 Å². The summed E-state index contributed by atoms with van der Waals surface area (Å²) in [6.45, 7) is 4.33. The first-order valence-electron chi connectivity index (χ1n) is 6.13. The molecule has 2 atom stereocenters. The van der Waals surface area contributed by atoms with Crippen LogP contribution in [0, 0.1) is 6.92 Å². The third-order valence-corrected chi connectivity index (χ3v) is 3.75. The third-order valence-electron chi connectivity index (χ3n) is 3.75. The molecule has 1 aromatic rings. The lowest BCUT2D eigenvalue weighted by atomic mass is 9.99. The molecule has 1 aliphatic carbocycles. The normalized spacial score (nSPS) is 19.8. The van der Waals surface area contributed by atoms with Gasteiger partial charge in [-0.05, 0) is 39.3 Å². The summed E-state index contributed by atoms with van der Waals surface area (Å²) in [5, 5.41) is 0. The van der Waals surface area contributed by atoms with Gasteiger partial charge in [-0.3, -0.25) is 4.90 Å². The van der Waals surface area contributed by atoms with Crippen molar-refractivity contribution in [2.75, 3.05) is 7.05 Å². The van der Waals surface area contributed by atoms with Gasteiger partial charge in [0.05, 0.1) is 0 Å². The van der Waals surface area contributed by atoms with Crippen LogP contribution < -0.4 is 5.73 Å². The molecule has 16 heavy (non-hydrogen) atoms. The van der Waals surface area contributed by atoms with Crippen molar-refractivity contribution >= 4 is 0 Å². The fourth-order valence-electron chi connectivity index (χ4n) is 2.13. The molecule has 0 bridgehead atoms. The Morgan fingerprint density at radius 3 is 2.31 bits per heavy atom. The lowest BCUT2D eigenvalue weighted by Crippen LogP contribution is -2.39. The predicted octanol–water partition coefficient (Wildman–Crippen LogP) is 2.48. The Balaban J connectivity index is 2.05. The van der Waals surface area contributed by atoms with Crippen LogP contribution in [0.4, 0.5) is 0 Å². The van der Waals surface area contributed by atoms with Crippen LogP contribution >= 0.6 is 0 Å². The minimum Gasteiger partial charge on any atom is -0.323 e. The predicted molar refractivity (Wildman–Crippen MR) is 68.4 cm³/mol. The molecule has 1 saturated carbocycles. The zero-order valence-electron chi connectivity index (χ0n) is 10.5. The zero-order chi connectivity index (χ0) is 11.7. The Morgan fingerprint density at radius 1 is 1.25 bits per heavy atom. The maximum Gasteiger partial charge on any atom is 0.0450 e. The van der Waals surface area contributed by atoms with E-state index in [0.717, 1.165) is 6.04 Å². The van der Waals surface area contributed by atoms with Gasteiger partial charge in [0.1, 0.15) is 0 Å². The lowest BCUT2D eigenvalue weighted by molar-refractivity contribution is 0.217. The van der Waals surface area contributed by atoms with Gasteiger partial charge in [0.2, 0.25) is 0 Å². The second kappa shape index (κ2) is 4.56. The highest BCUT2D eigenvalue weighted by molar-refractivity contribution is 5.25. The van der Waals surface area contributed by atoms with E-state index in [9.17, 15) is 0 Å². The Morgan fingerprint density at radius 2 is 1.81 bits per heavy atom. The van der Waals surface area contributed by atoms with Crippen molar-refractivity contribution in [2.45, 2.75) is 44.8 Å². The number of rotatable bonds is 4. The first kappa shape index (κ1) is 11.6. The molecular formula is C14H22N2. The van der Waals surface area contributed by atoms with E-state index in [0.29, 0.717) is 6.04 Å². The van der Waals surface area contributed by atoms with Crippen LogP contribution in [0.1, 0.15) is 36.9 Å². The number of nitrogens with two attached hydrogens (primary N) is 1. The van der Waals surface area contributed by atoms with E-state index >= 15 is 0 Å². The molecule has 2 nitrogen and oxygen atoms in total. The molecular weight excluding hydrogens is 196 g/mol. The SMILES string of the molecule is Cc1ccc(C(N)C(C)N(C)C2CC2)cc1. The average molecular weight is 218 g/mol. The first-order chi connectivity index (χ1) is 7.59.